The lowest BCUT2D eigenvalue weighted by molar-refractivity contribution is 0.142. The molecule has 0 radical (unpaired) electrons. The molecule has 1 fully saturated rings. The molecule has 3 atom stereocenters. The third-order valence-electron chi connectivity index (χ3n) is 5.00. The van der Waals surface area contributed by atoms with Crippen molar-refractivity contribution in [2.24, 2.45) is 5.92 Å². The van der Waals surface area contributed by atoms with Gasteiger partial charge in [0.25, 0.3) is 0 Å². The summed E-state index contributed by atoms with van der Waals surface area (Å²) in [5, 5.41) is 10.6. The molecule has 1 N–H and O–H groups in total. The van der Waals surface area contributed by atoms with Crippen LogP contribution in [0.1, 0.15) is 58.8 Å². The highest BCUT2D eigenvalue weighted by molar-refractivity contribution is 7.93. The second kappa shape index (κ2) is 7.14. The fraction of sp³-hybridized carbons (Fsp3) is 0.667. The Morgan fingerprint density at radius 2 is 1.77 bits per heavy atom. The van der Waals surface area contributed by atoms with E-state index in [2.05, 4.69) is 6.92 Å². The van der Waals surface area contributed by atoms with Crippen LogP contribution in [-0.4, -0.2) is 24.4 Å². The lowest BCUT2D eigenvalue weighted by atomic mass is 10.0. The molecule has 0 amide bonds. The smallest absolute Gasteiger partial charge is 0.186 e. The van der Waals surface area contributed by atoms with E-state index < -0.39 is 20.7 Å². The summed E-state index contributed by atoms with van der Waals surface area (Å²) in [5.74, 6) is 0.0309. The van der Waals surface area contributed by atoms with Crippen LogP contribution in [-0.2, 0) is 9.84 Å². The Morgan fingerprint density at radius 1 is 1.18 bits per heavy atom. The first-order valence-electron chi connectivity index (χ1n) is 8.44. The maximum atomic E-state index is 12.9. The van der Waals surface area contributed by atoms with Crippen LogP contribution in [0.3, 0.4) is 0 Å². The van der Waals surface area contributed by atoms with E-state index in [1.165, 1.54) is 12.8 Å². The van der Waals surface area contributed by atoms with Crippen molar-refractivity contribution in [3.63, 3.8) is 0 Å². The lowest BCUT2D eigenvalue weighted by Crippen LogP contribution is -2.38. The van der Waals surface area contributed by atoms with E-state index in [9.17, 15) is 13.5 Å². The maximum absolute atomic E-state index is 12.9. The van der Waals surface area contributed by atoms with Crippen LogP contribution in [0.5, 0.6) is 0 Å². The highest BCUT2D eigenvalue weighted by Crippen LogP contribution is 2.55. The highest BCUT2D eigenvalue weighted by atomic mass is 32.2. The first-order valence-corrected chi connectivity index (χ1v) is 9.93. The quantitative estimate of drug-likeness (QED) is 0.700. The molecule has 0 heterocycles. The summed E-state index contributed by atoms with van der Waals surface area (Å²) in [6, 6.07) is 8.56. The summed E-state index contributed by atoms with van der Waals surface area (Å²) in [7, 11) is -3.47. The summed E-state index contributed by atoms with van der Waals surface area (Å²) in [6.45, 7) is 4.10. The van der Waals surface area contributed by atoms with Crippen LogP contribution < -0.4 is 0 Å². The normalized spacial score (nSPS) is 25.9. The molecule has 1 aliphatic rings. The number of benzene rings is 1. The van der Waals surface area contributed by atoms with Gasteiger partial charge in [-0.3, -0.25) is 0 Å². The zero-order valence-corrected chi connectivity index (χ0v) is 14.5. The minimum atomic E-state index is -3.47. The average molecular weight is 324 g/mol. The Labute approximate surface area is 134 Å². The minimum absolute atomic E-state index is 0.0309. The Balaban J connectivity index is 2.06. The number of sulfone groups is 1. The summed E-state index contributed by atoms with van der Waals surface area (Å²) < 4.78 is 24.9. The fourth-order valence-corrected chi connectivity index (χ4v) is 5.87. The number of aliphatic hydroxyl groups is 1. The minimum Gasteiger partial charge on any atom is -0.391 e. The Morgan fingerprint density at radius 3 is 2.32 bits per heavy atom. The predicted octanol–water partition coefficient (Wildman–Crippen LogP) is 3.96. The van der Waals surface area contributed by atoms with Gasteiger partial charge in [-0.25, -0.2) is 8.42 Å². The third-order valence-corrected chi connectivity index (χ3v) is 7.73. The molecule has 3 nitrogen and oxygen atoms in total. The van der Waals surface area contributed by atoms with Gasteiger partial charge in [-0.2, -0.15) is 0 Å². The molecule has 2 rings (SSSR count). The van der Waals surface area contributed by atoms with Crippen molar-refractivity contribution in [1.82, 2.24) is 0 Å². The molecule has 0 bridgehead atoms. The maximum Gasteiger partial charge on any atom is 0.186 e. The van der Waals surface area contributed by atoms with Crippen LogP contribution in [0, 0.1) is 5.92 Å². The SMILES string of the molecule is CCCCCCCC(O)[C@]1(S(=O)(=O)c2ccccc2)C[C@@H]1C. The molecule has 1 aromatic rings. The zero-order valence-electron chi connectivity index (χ0n) is 13.7. The van der Waals surface area contributed by atoms with Gasteiger partial charge in [0, 0.05) is 0 Å². The van der Waals surface area contributed by atoms with Crippen molar-refractivity contribution >= 4 is 9.84 Å². The van der Waals surface area contributed by atoms with E-state index in [0.717, 1.165) is 19.3 Å². The molecule has 1 aliphatic carbocycles. The Bertz CT molecular complexity index is 567. The third kappa shape index (κ3) is 3.23. The molecule has 1 aromatic carbocycles. The van der Waals surface area contributed by atoms with E-state index in [-0.39, 0.29) is 5.92 Å². The molecule has 1 unspecified atom stereocenters. The largest absolute Gasteiger partial charge is 0.391 e. The molecule has 1 saturated carbocycles. The Kier molecular flexibility index (Phi) is 5.67. The van der Waals surface area contributed by atoms with Crippen molar-refractivity contribution in [2.75, 3.05) is 0 Å². The van der Waals surface area contributed by atoms with Crippen molar-refractivity contribution in [3.8, 4) is 0 Å². The molecule has 22 heavy (non-hydrogen) atoms. The van der Waals surface area contributed by atoms with Crippen molar-refractivity contribution < 1.29 is 13.5 Å². The topological polar surface area (TPSA) is 54.4 Å². The van der Waals surface area contributed by atoms with Crippen LogP contribution in [0.15, 0.2) is 35.2 Å². The van der Waals surface area contributed by atoms with Crippen LogP contribution in [0.4, 0.5) is 0 Å². The molecule has 4 heteroatoms. The van der Waals surface area contributed by atoms with Gasteiger partial charge in [-0.15, -0.1) is 0 Å². The lowest BCUT2D eigenvalue weighted by Gasteiger charge is -2.24. The van der Waals surface area contributed by atoms with Gasteiger partial charge in [-0.05, 0) is 30.9 Å². The molecule has 0 saturated heterocycles. The van der Waals surface area contributed by atoms with Gasteiger partial charge < -0.3 is 5.11 Å². The van der Waals surface area contributed by atoms with E-state index in [0.29, 0.717) is 17.7 Å². The molecule has 124 valence electrons. The number of rotatable bonds is 9. The van der Waals surface area contributed by atoms with Gasteiger partial charge in [0.2, 0.25) is 0 Å². The van der Waals surface area contributed by atoms with E-state index in [1.807, 2.05) is 13.0 Å². The number of unbranched alkanes of at least 4 members (excludes halogenated alkanes) is 4. The van der Waals surface area contributed by atoms with Crippen molar-refractivity contribution in [3.05, 3.63) is 30.3 Å². The second-order valence-electron chi connectivity index (χ2n) is 6.60. The average Bonchev–Trinajstić information content (AvgIpc) is 3.21. The van der Waals surface area contributed by atoms with Crippen LogP contribution in [0.25, 0.3) is 0 Å². The Hall–Kier alpha value is -0.870. The second-order valence-corrected chi connectivity index (χ2v) is 8.83. The molecule has 0 spiro atoms. The van der Waals surface area contributed by atoms with Gasteiger partial charge in [0.15, 0.2) is 9.84 Å². The predicted molar refractivity (Wildman–Crippen MR) is 89.5 cm³/mol. The monoisotopic (exact) mass is 324 g/mol. The van der Waals surface area contributed by atoms with Crippen molar-refractivity contribution in [1.29, 1.82) is 0 Å². The summed E-state index contributed by atoms with van der Waals surface area (Å²) in [6.07, 6.45) is 5.93. The molecular weight excluding hydrogens is 296 g/mol. The van der Waals surface area contributed by atoms with Gasteiger partial charge in [0.05, 0.1) is 11.0 Å². The van der Waals surface area contributed by atoms with Crippen molar-refractivity contribution in [2.45, 2.75) is 74.5 Å². The van der Waals surface area contributed by atoms with E-state index in [4.69, 9.17) is 0 Å². The van der Waals surface area contributed by atoms with E-state index in [1.54, 1.807) is 24.3 Å². The first-order chi connectivity index (χ1) is 10.5. The number of hydrogen-bond donors (Lipinski definition) is 1. The van der Waals surface area contributed by atoms with Gasteiger partial charge >= 0.3 is 0 Å². The fourth-order valence-electron chi connectivity index (χ4n) is 3.44. The molecule has 0 aliphatic heterocycles. The summed E-state index contributed by atoms with van der Waals surface area (Å²) in [4.78, 5) is 0.337. The first kappa shape index (κ1) is 17.5. The molecular formula is C18H28O3S. The van der Waals surface area contributed by atoms with Crippen LogP contribution >= 0.6 is 0 Å². The number of hydrogen-bond acceptors (Lipinski definition) is 3. The standard InChI is InChI=1S/C18H28O3S/c1-3-4-5-6-10-13-17(19)18(14-15(18)2)22(20,21)16-11-8-7-9-12-16/h7-9,11-12,15,17,19H,3-6,10,13-14H2,1-2H3/t15-,17?,18-/m0/s1. The zero-order chi connectivity index (χ0) is 16.2. The number of aliphatic hydroxyl groups excluding tert-OH is 1. The molecule has 0 aromatic heterocycles. The highest BCUT2D eigenvalue weighted by Gasteiger charge is 2.65. The van der Waals surface area contributed by atoms with Gasteiger partial charge in [-0.1, -0.05) is 64.2 Å². The summed E-state index contributed by atoms with van der Waals surface area (Å²) >= 11 is 0. The van der Waals surface area contributed by atoms with Crippen LogP contribution in [0.2, 0.25) is 0 Å². The summed E-state index contributed by atoms with van der Waals surface area (Å²) in [5.41, 5.74) is 0. The van der Waals surface area contributed by atoms with Gasteiger partial charge in [0.1, 0.15) is 4.75 Å². The van der Waals surface area contributed by atoms with E-state index >= 15 is 0 Å².